The van der Waals surface area contributed by atoms with Gasteiger partial charge >= 0.3 is 0 Å². The molecule has 0 fully saturated rings. The van der Waals surface area contributed by atoms with Crippen molar-refractivity contribution >= 4 is 11.6 Å². The minimum atomic E-state index is -0.129. The van der Waals surface area contributed by atoms with Crippen molar-refractivity contribution in [3.63, 3.8) is 0 Å². The van der Waals surface area contributed by atoms with E-state index in [2.05, 4.69) is 34.4 Å². The quantitative estimate of drug-likeness (QED) is 0.559. The number of rotatable bonds is 10. The number of carbonyl (C=O) groups excluding carboxylic acids is 1. The van der Waals surface area contributed by atoms with Crippen LogP contribution in [0.3, 0.4) is 0 Å². The van der Waals surface area contributed by atoms with Crippen LogP contribution in [0.15, 0.2) is 18.3 Å². The Hall–Kier alpha value is -1.66. The summed E-state index contributed by atoms with van der Waals surface area (Å²) in [6.45, 7) is 9.19. The summed E-state index contributed by atoms with van der Waals surface area (Å²) in [6.07, 6.45) is 2.59. The first-order chi connectivity index (χ1) is 10.2. The summed E-state index contributed by atoms with van der Waals surface area (Å²) in [6, 6.07) is 3.60. The van der Waals surface area contributed by atoms with Crippen LogP contribution in [0, 0.1) is 0 Å². The van der Waals surface area contributed by atoms with Crippen molar-refractivity contribution in [1.82, 2.24) is 15.2 Å². The van der Waals surface area contributed by atoms with Gasteiger partial charge in [0, 0.05) is 19.6 Å². The average molecular weight is 293 g/mol. The summed E-state index contributed by atoms with van der Waals surface area (Å²) in [5.41, 5.74) is 6.78. The third kappa shape index (κ3) is 6.55. The van der Waals surface area contributed by atoms with E-state index in [0.717, 1.165) is 38.3 Å². The van der Waals surface area contributed by atoms with Gasteiger partial charge in [-0.2, -0.15) is 0 Å². The van der Waals surface area contributed by atoms with Gasteiger partial charge in [0.2, 0.25) is 0 Å². The minimum Gasteiger partial charge on any atom is -0.384 e. The molecule has 21 heavy (non-hydrogen) atoms. The molecule has 0 aliphatic rings. The molecule has 1 rings (SSSR count). The number of aromatic nitrogens is 1. The molecule has 0 aliphatic heterocycles. The summed E-state index contributed by atoms with van der Waals surface area (Å²) >= 11 is 0. The maximum Gasteiger partial charge on any atom is 0.269 e. The molecule has 1 aromatic heterocycles. The first-order valence-electron chi connectivity index (χ1n) is 7.61. The lowest BCUT2D eigenvalue weighted by Gasteiger charge is -2.17. The van der Waals surface area contributed by atoms with Gasteiger partial charge in [-0.25, -0.2) is 4.98 Å². The van der Waals surface area contributed by atoms with Gasteiger partial charge in [0.25, 0.3) is 5.91 Å². The highest BCUT2D eigenvalue weighted by Crippen LogP contribution is 2.05. The molecule has 1 heterocycles. The maximum absolute atomic E-state index is 11.9. The van der Waals surface area contributed by atoms with E-state index in [1.807, 2.05) is 6.07 Å². The lowest BCUT2D eigenvalue weighted by atomic mass is 10.3. The van der Waals surface area contributed by atoms with Crippen LogP contribution < -0.4 is 16.4 Å². The van der Waals surface area contributed by atoms with Gasteiger partial charge < -0.3 is 21.3 Å². The van der Waals surface area contributed by atoms with Crippen molar-refractivity contribution in [1.29, 1.82) is 0 Å². The lowest BCUT2D eigenvalue weighted by Crippen LogP contribution is -2.35. The van der Waals surface area contributed by atoms with Crippen molar-refractivity contribution < 1.29 is 4.79 Å². The van der Waals surface area contributed by atoms with E-state index in [1.165, 1.54) is 0 Å². The molecule has 0 atom stereocenters. The van der Waals surface area contributed by atoms with Crippen molar-refractivity contribution in [3.8, 4) is 0 Å². The fraction of sp³-hybridized carbons (Fsp3) is 0.600. The van der Waals surface area contributed by atoms with Crippen LogP contribution in [0.25, 0.3) is 0 Å². The summed E-state index contributed by atoms with van der Waals surface area (Å²) in [5, 5.41) is 6.09. The molecule has 0 aliphatic carbocycles. The number of amides is 1. The molecule has 0 saturated carbocycles. The number of nitrogens with one attached hydrogen (secondary N) is 2. The first kappa shape index (κ1) is 17.4. The SMILES string of the molecule is CCN(CC)CCNC(=O)c1ccc(NCCCN)cn1. The molecule has 1 amide bonds. The number of carbonyl (C=O) groups is 1. The zero-order valence-corrected chi connectivity index (χ0v) is 13.1. The summed E-state index contributed by atoms with van der Waals surface area (Å²) in [7, 11) is 0. The summed E-state index contributed by atoms with van der Waals surface area (Å²) in [4.78, 5) is 18.4. The predicted octanol–water partition coefficient (Wildman–Crippen LogP) is 0.914. The molecule has 1 aromatic rings. The topological polar surface area (TPSA) is 83.3 Å². The van der Waals surface area contributed by atoms with Crippen molar-refractivity contribution in [2.45, 2.75) is 20.3 Å². The molecule has 0 spiro atoms. The van der Waals surface area contributed by atoms with Gasteiger partial charge in [-0.3, -0.25) is 4.79 Å². The molecule has 4 N–H and O–H groups in total. The van der Waals surface area contributed by atoms with Crippen LogP contribution in [0.4, 0.5) is 5.69 Å². The zero-order chi connectivity index (χ0) is 15.5. The highest BCUT2D eigenvalue weighted by Gasteiger charge is 2.07. The molecule has 0 radical (unpaired) electrons. The second-order valence-corrected chi connectivity index (χ2v) is 4.78. The number of likely N-dealkylation sites (N-methyl/N-ethyl adjacent to an activating group) is 1. The summed E-state index contributed by atoms with van der Waals surface area (Å²) < 4.78 is 0. The van der Waals surface area contributed by atoms with Gasteiger partial charge in [0.05, 0.1) is 11.9 Å². The fourth-order valence-corrected chi connectivity index (χ4v) is 1.93. The van der Waals surface area contributed by atoms with E-state index < -0.39 is 0 Å². The third-order valence-corrected chi connectivity index (χ3v) is 3.31. The molecule has 0 unspecified atom stereocenters. The molecular formula is C15H27N5O. The molecular weight excluding hydrogens is 266 g/mol. The van der Waals surface area contributed by atoms with Crippen LogP contribution in [-0.2, 0) is 0 Å². The Kier molecular flexibility index (Phi) is 8.38. The fourth-order valence-electron chi connectivity index (χ4n) is 1.93. The molecule has 0 bridgehead atoms. The number of anilines is 1. The van der Waals surface area contributed by atoms with Gasteiger partial charge in [0.15, 0.2) is 0 Å². The monoisotopic (exact) mass is 293 g/mol. The third-order valence-electron chi connectivity index (χ3n) is 3.31. The standard InChI is InChI=1S/C15H27N5O/c1-3-20(4-2)11-10-18-15(21)14-7-6-13(12-19-14)17-9-5-8-16/h6-7,12,17H,3-5,8-11,16H2,1-2H3,(H,18,21). The Morgan fingerprint density at radius 1 is 1.29 bits per heavy atom. The first-order valence-corrected chi connectivity index (χ1v) is 7.61. The van der Waals surface area contributed by atoms with Gasteiger partial charge in [0.1, 0.15) is 5.69 Å². The minimum absolute atomic E-state index is 0.129. The Balaban J connectivity index is 2.37. The second-order valence-electron chi connectivity index (χ2n) is 4.78. The molecule has 6 heteroatoms. The second kappa shape index (κ2) is 10.1. The van der Waals surface area contributed by atoms with Crippen LogP contribution in [0.2, 0.25) is 0 Å². The van der Waals surface area contributed by atoms with E-state index in [1.54, 1.807) is 12.3 Å². The van der Waals surface area contributed by atoms with Crippen LogP contribution in [0.5, 0.6) is 0 Å². The van der Waals surface area contributed by atoms with E-state index in [4.69, 9.17) is 5.73 Å². The largest absolute Gasteiger partial charge is 0.384 e. The number of hydrogen-bond acceptors (Lipinski definition) is 5. The Labute approximate surface area is 127 Å². The molecule has 118 valence electrons. The van der Waals surface area contributed by atoms with Crippen LogP contribution >= 0.6 is 0 Å². The predicted molar refractivity (Wildman–Crippen MR) is 86.5 cm³/mol. The van der Waals surface area contributed by atoms with E-state index in [-0.39, 0.29) is 5.91 Å². The number of nitrogens with two attached hydrogens (primary N) is 1. The Bertz CT molecular complexity index is 403. The molecule has 6 nitrogen and oxygen atoms in total. The Morgan fingerprint density at radius 3 is 2.62 bits per heavy atom. The van der Waals surface area contributed by atoms with Crippen molar-refractivity contribution in [2.24, 2.45) is 5.73 Å². The number of nitrogens with zero attached hydrogens (tertiary/aromatic N) is 2. The summed E-state index contributed by atoms with van der Waals surface area (Å²) in [5.74, 6) is -0.129. The molecule has 0 saturated heterocycles. The van der Waals surface area contributed by atoms with Crippen LogP contribution in [-0.4, -0.2) is 55.1 Å². The van der Waals surface area contributed by atoms with Gasteiger partial charge in [-0.15, -0.1) is 0 Å². The average Bonchev–Trinajstić information content (AvgIpc) is 2.52. The maximum atomic E-state index is 11.9. The number of pyridine rings is 1. The normalized spacial score (nSPS) is 10.7. The highest BCUT2D eigenvalue weighted by molar-refractivity contribution is 5.92. The lowest BCUT2D eigenvalue weighted by molar-refractivity contribution is 0.0944. The van der Waals surface area contributed by atoms with Gasteiger partial charge in [-0.05, 0) is 38.2 Å². The highest BCUT2D eigenvalue weighted by atomic mass is 16.1. The van der Waals surface area contributed by atoms with Crippen molar-refractivity contribution in [2.75, 3.05) is 44.6 Å². The van der Waals surface area contributed by atoms with E-state index in [9.17, 15) is 4.79 Å². The van der Waals surface area contributed by atoms with Crippen molar-refractivity contribution in [3.05, 3.63) is 24.0 Å². The van der Waals surface area contributed by atoms with E-state index >= 15 is 0 Å². The zero-order valence-electron chi connectivity index (χ0n) is 13.1. The van der Waals surface area contributed by atoms with E-state index in [0.29, 0.717) is 18.8 Å². The molecule has 0 aromatic carbocycles. The smallest absolute Gasteiger partial charge is 0.269 e. The number of hydrogen-bond donors (Lipinski definition) is 3. The van der Waals surface area contributed by atoms with Gasteiger partial charge in [-0.1, -0.05) is 13.8 Å². The Morgan fingerprint density at radius 2 is 2.05 bits per heavy atom. The van der Waals surface area contributed by atoms with Crippen LogP contribution in [0.1, 0.15) is 30.8 Å².